The first-order valence-electron chi connectivity index (χ1n) is 6.52. The van der Waals surface area contributed by atoms with Gasteiger partial charge in [-0.2, -0.15) is 0 Å². The molecule has 0 N–H and O–H groups in total. The number of carbonyl (C=O) groups is 2. The van der Waals surface area contributed by atoms with Gasteiger partial charge in [-0.25, -0.2) is 9.98 Å². The van der Waals surface area contributed by atoms with Gasteiger partial charge in [0.2, 0.25) is 5.78 Å². The predicted octanol–water partition coefficient (Wildman–Crippen LogP) is 2.18. The zero-order valence-corrected chi connectivity index (χ0v) is 11.1. The van der Waals surface area contributed by atoms with Crippen LogP contribution in [0.3, 0.4) is 0 Å². The molecule has 4 heteroatoms. The number of amidine groups is 1. The normalized spacial score (nSPS) is 20.1. The third-order valence-corrected chi connectivity index (χ3v) is 3.38. The average Bonchev–Trinajstić information content (AvgIpc) is 3.02. The summed E-state index contributed by atoms with van der Waals surface area (Å²) < 4.78 is 0. The van der Waals surface area contributed by atoms with Gasteiger partial charge in [-0.1, -0.05) is 60.7 Å². The van der Waals surface area contributed by atoms with Crippen LogP contribution in [0.15, 0.2) is 70.6 Å². The van der Waals surface area contributed by atoms with Crippen molar-refractivity contribution in [2.24, 2.45) is 9.98 Å². The Morgan fingerprint density at radius 3 is 2.19 bits per heavy atom. The van der Waals surface area contributed by atoms with E-state index in [0.717, 1.165) is 5.56 Å². The van der Waals surface area contributed by atoms with Crippen LogP contribution in [0.4, 0.5) is 0 Å². The summed E-state index contributed by atoms with van der Waals surface area (Å²) in [6.07, 6.45) is 1.75. The molecule has 3 rings (SSSR count). The second-order valence-corrected chi connectivity index (χ2v) is 4.67. The van der Waals surface area contributed by atoms with Gasteiger partial charge in [-0.3, -0.25) is 9.59 Å². The third-order valence-electron chi connectivity index (χ3n) is 3.38. The van der Waals surface area contributed by atoms with Crippen molar-refractivity contribution in [1.82, 2.24) is 0 Å². The quantitative estimate of drug-likeness (QED) is 0.635. The first-order chi connectivity index (χ1) is 10.3. The molecule has 1 aliphatic heterocycles. The first kappa shape index (κ1) is 13.1. The summed E-state index contributed by atoms with van der Waals surface area (Å²) in [6.45, 7) is 0. The van der Waals surface area contributed by atoms with Crippen molar-refractivity contribution in [2.75, 3.05) is 0 Å². The van der Waals surface area contributed by atoms with Gasteiger partial charge in [0.1, 0.15) is 0 Å². The van der Waals surface area contributed by atoms with Crippen LogP contribution in [-0.2, 0) is 15.1 Å². The van der Waals surface area contributed by atoms with E-state index in [1.807, 2.05) is 36.4 Å². The molecule has 1 aliphatic rings. The molecule has 1 unspecified atom stereocenters. The summed E-state index contributed by atoms with van der Waals surface area (Å²) in [5, 5.41) is 0. The molecule has 2 aromatic rings. The number of aliphatic imine (C=N–C) groups is 2. The number of hydrogen-bond acceptors (Lipinski definition) is 4. The maximum atomic E-state index is 12.1. The first-order valence-corrected chi connectivity index (χ1v) is 6.52. The highest BCUT2D eigenvalue weighted by atomic mass is 16.2. The Morgan fingerprint density at radius 2 is 1.57 bits per heavy atom. The molecule has 0 aromatic heterocycles. The lowest BCUT2D eigenvalue weighted by molar-refractivity contribution is -0.131. The Balaban J connectivity index is 2.13. The van der Waals surface area contributed by atoms with Crippen molar-refractivity contribution in [3.8, 4) is 0 Å². The fourth-order valence-electron chi connectivity index (χ4n) is 2.29. The number of rotatable bonds is 4. The minimum absolute atomic E-state index is 0.302. The lowest BCUT2D eigenvalue weighted by atomic mass is 9.88. The minimum Gasteiger partial charge on any atom is -0.294 e. The van der Waals surface area contributed by atoms with Crippen LogP contribution >= 0.6 is 0 Å². The third kappa shape index (κ3) is 2.21. The lowest BCUT2D eigenvalue weighted by Gasteiger charge is -2.19. The van der Waals surface area contributed by atoms with Gasteiger partial charge < -0.3 is 0 Å². The van der Waals surface area contributed by atoms with Gasteiger partial charge in [0.25, 0.3) is 0 Å². The number of Topliss-reactive ketones (excluding diaryl/α,β-unsaturated/α-hetero) is 1. The Bertz CT molecular complexity index is 736. The van der Waals surface area contributed by atoms with Crippen molar-refractivity contribution >= 4 is 24.1 Å². The van der Waals surface area contributed by atoms with E-state index in [4.69, 9.17) is 0 Å². The zero-order valence-electron chi connectivity index (χ0n) is 11.1. The Kier molecular flexibility index (Phi) is 3.28. The summed E-state index contributed by atoms with van der Waals surface area (Å²) in [5.41, 5.74) is 0.107. The molecule has 102 valence electrons. The van der Waals surface area contributed by atoms with E-state index in [-0.39, 0.29) is 0 Å². The van der Waals surface area contributed by atoms with E-state index in [9.17, 15) is 9.59 Å². The van der Waals surface area contributed by atoms with Crippen LogP contribution in [0.2, 0.25) is 0 Å². The van der Waals surface area contributed by atoms with Gasteiger partial charge >= 0.3 is 0 Å². The molecule has 1 heterocycles. The summed E-state index contributed by atoms with van der Waals surface area (Å²) in [5.74, 6) is -0.168. The second-order valence-electron chi connectivity index (χ2n) is 4.67. The fraction of sp³-hybridized carbons (Fsp3) is 0.0588. The summed E-state index contributed by atoms with van der Waals surface area (Å²) in [4.78, 5) is 31.9. The van der Waals surface area contributed by atoms with Crippen molar-refractivity contribution in [2.45, 2.75) is 5.54 Å². The van der Waals surface area contributed by atoms with E-state index in [2.05, 4.69) is 9.98 Å². The van der Waals surface area contributed by atoms with E-state index < -0.39 is 11.3 Å². The molecule has 0 bridgehead atoms. The smallest absolute Gasteiger partial charge is 0.232 e. The van der Waals surface area contributed by atoms with Crippen molar-refractivity contribution < 1.29 is 9.59 Å². The zero-order chi connectivity index (χ0) is 14.7. The van der Waals surface area contributed by atoms with Gasteiger partial charge in [0.15, 0.2) is 17.7 Å². The van der Waals surface area contributed by atoms with Crippen LogP contribution in [0.25, 0.3) is 0 Å². The van der Waals surface area contributed by atoms with Gasteiger partial charge in [-0.15, -0.1) is 0 Å². The Morgan fingerprint density at radius 1 is 0.952 bits per heavy atom. The van der Waals surface area contributed by atoms with Crippen molar-refractivity contribution in [3.05, 3.63) is 71.8 Å². The average molecular weight is 276 g/mol. The number of carbonyl (C=O) groups excluding carboxylic acids is 2. The molecular formula is C17H12N2O2. The number of aldehydes is 1. The topological polar surface area (TPSA) is 58.9 Å². The van der Waals surface area contributed by atoms with E-state index >= 15 is 0 Å². The number of nitrogens with zero attached hydrogens (tertiary/aromatic N) is 2. The molecule has 0 radical (unpaired) electrons. The van der Waals surface area contributed by atoms with Crippen LogP contribution in [0.5, 0.6) is 0 Å². The number of hydrogen-bond donors (Lipinski definition) is 0. The highest BCUT2D eigenvalue weighted by Gasteiger charge is 2.41. The number of ketones is 1. The van der Waals surface area contributed by atoms with Crippen molar-refractivity contribution in [3.63, 3.8) is 0 Å². The molecule has 0 spiro atoms. The van der Waals surface area contributed by atoms with Gasteiger partial charge in [0.05, 0.1) is 0 Å². The molecule has 1 atom stereocenters. The predicted molar refractivity (Wildman–Crippen MR) is 80.7 cm³/mol. The lowest BCUT2D eigenvalue weighted by Crippen LogP contribution is -2.35. The molecule has 0 saturated carbocycles. The highest BCUT2D eigenvalue weighted by Crippen LogP contribution is 2.29. The Labute approximate surface area is 121 Å². The molecule has 0 saturated heterocycles. The molecule has 0 fully saturated rings. The Hall–Kier alpha value is -2.88. The minimum atomic E-state index is -1.34. The maximum Gasteiger partial charge on any atom is 0.232 e. The van der Waals surface area contributed by atoms with Crippen LogP contribution in [-0.4, -0.2) is 24.1 Å². The molecular weight excluding hydrogens is 264 g/mol. The molecule has 0 aliphatic carbocycles. The van der Waals surface area contributed by atoms with E-state index in [1.165, 1.54) is 6.21 Å². The standard InChI is InChI=1S/C17H12N2O2/c20-11-15(21)17(14-9-5-2-6-10-14)12-18-16(19-17)13-7-3-1-4-8-13/h1-12H. The SMILES string of the molecule is O=CC(=O)C1(c2ccccc2)C=NC(c2ccccc2)=N1. The largest absolute Gasteiger partial charge is 0.294 e. The molecule has 4 nitrogen and oxygen atoms in total. The van der Waals surface area contributed by atoms with Crippen molar-refractivity contribution in [1.29, 1.82) is 0 Å². The van der Waals surface area contributed by atoms with E-state index in [1.54, 1.807) is 24.3 Å². The van der Waals surface area contributed by atoms with Crippen LogP contribution < -0.4 is 0 Å². The maximum absolute atomic E-state index is 12.1. The van der Waals surface area contributed by atoms with Gasteiger partial charge in [0, 0.05) is 11.8 Å². The monoisotopic (exact) mass is 276 g/mol. The summed E-state index contributed by atoms with van der Waals surface area (Å²) in [6, 6.07) is 18.4. The number of benzene rings is 2. The molecule has 0 amide bonds. The highest BCUT2D eigenvalue weighted by molar-refractivity contribution is 6.36. The fourth-order valence-corrected chi connectivity index (χ4v) is 2.29. The summed E-state index contributed by atoms with van der Waals surface area (Å²) in [7, 11) is 0. The molecule has 21 heavy (non-hydrogen) atoms. The van der Waals surface area contributed by atoms with Crippen LogP contribution in [0, 0.1) is 0 Å². The molecule has 2 aromatic carbocycles. The van der Waals surface area contributed by atoms with Crippen LogP contribution in [0.1, 0.15) is 11.1 Å². The van der Waals surface area contributed by atoms with E-state index in [0.29, 0.717) is 17.7 Å². The second kappa shape index (κ2) is 5.25. The van der Waals surface area contributed by atoms with Gasteiger partial charge in [-0.05, 0) is 5.56 Å². The summed E-state index contributed by atoms with van der Waals surface area (Å²) >= 11 is 0.